The second-order valence-electron chi connectivity index (χ2n) is 5.60. The fourth-order valence-electron chi connectivity index (χ4n) is 2.36. The van der Waals surface area contributed by atoms with Crippen molar-refractivity contribution in [3.8, 4) is 0 Å². The maximum Gasteiger partial charge on any atom is 0.0250 e. The highest BCUT2D eigenvalue weighted by molar-refractivity contribution is 5.24. The lowest BCUT2D eigenvalue weighted by Gasteiger charge is -2.29. The molecule has 0 amide bonds. The van der Waals surface area contributed by atoms with E-state index in [1.165, 1.54) is 24.8 Å². The van der Waals surface area contributed by atoms with E-state index in [0.717, 1.165) is 6.54 Å². The molecule has 1 aliphatic rings. The fourth-order valence-corrected chi connectivity index (χ4v) is 2.36. The molecule has 17 heavy (non-hydrogen) atoms. The first kappa shape index (κ1) is 12.4. The first-order valence-corrected chi connectivity index (χ1v) is 6.64. The molecule has 1 unspecified atom stereocenters. The zero-order valence-electron chi connectivity index (χ0n) is 10.9. The summed E-state index contributed by atoms with van der Waals surface area (Å²) < 4.78 is 0. The molecule has 0 spiro atoms. The first-order chi connectivity index (χ1) is 8.18. The third kappa shape index (κ3) is 3.44. The Labute approximate surface area is 105 Å². The van der Waals surface area contributed by atoms with Crippen molar-refractivity contribution in [2.75, 3.05) is 6.54 Å². The van der Waals surface area contributed by atoms with Crippen molar-refractivity contribution in [1.82, 2.24) is 5.32 Å². The topological polar surface area (TPSA) is 12.0 Å². The molecule has 0 bridgehead atoms. The van der Waals surface area contributed by atoms with Crippen LogP contribution < -0.4 is 5.32 Å². The highest BCUT2D eigenvalue weighted by Gasteiger charge is 2.21. The van der Waals surface area contributed by atoms with E-state index in [1.807, 2.05) is 0 Å². The molecular weight excluding hydrogens is 206 g/mol. The van der Waals surface area contributed by atoms with E-state index in [4.69, 9.17) is 0 Å². The van der Waals surface area contributed by atoms with Gasteiger partial charge in [-0.3, -0.25) is 0 Å². The number of nitrogens with one attached hydrogen (secondary N) is 1. The van der Waals surface area contributed by atoms with E-state index < -0.39 is 0 Å². The fraction of sp³-hybridized carbons (Fsp3) is 0.500. The third-order valence-electron chi connectivity index (χ3n) is 3.62. The third-order valence-corrected chi connectivity index (χ3v) is 3.62. The molecule has 0 heterocycles. The molecule has 2 rings (SSSR count). The smallest absolute Gasteiger partial charge is 0.0250 e. The van der Waals surface area contributed by atoms with Gasteiger partial charge in [-0.2, -0.15) is 0 Å². The van der Waals surface area contributed by atoms with Gasteiger partial charge in [0.25, 0.3) is 0 Å². The monoisotopic (exact) mass is 229 g/mol. The van der Waals surface area contributed by atoms with Crippen LogP contribution in [0.2, 0.25) is 0 Å². The van der Waals surface area contributed by atoms with Gasteiger partial charge in [-0.1, -0.05) is 56.3 Å². The first-order valence-electron chi connectivity index (χ1n) is 6.64. The Morgan fingerprint density at radius 2 is 2.00 bits per heavy atom. The van der Waals surface area contributed by atoms with Crippen LogP contribution in [-0.2, 0) is 5.41 Å². The van der Waals surface area contributed by atoms with Crippen molar-refractivity contribution < 1.29 is 0 Å². The molecule has 0 saturated heterocycles. The molecule has 1 atom stereocenters. The number of rotatable bonds is 4. The van der Waals surface area contributed by atoms with Crippen LogP contribution in [0.3, 0.4) is 0 Å². The summed E-state index contributed by atoms with van der Waals surface area (Å²) in [6.07, 6.45) is 8.48. The average molecular weight is 229 g/mol. The molecule has 0 saturated carbocycles. The predicted molar refractivity (Wildman–Crippen MR) is 74.2 cm³/mol. The van der Waals surface area contributed by atoms with E-state index >= 15 is 0 Å². The summed E-state index contributed by atoms with van der Waals surface area (Å²) in [5, 5.41) is 3.67. The van der Waals surface area contributed by atoms with Crippen LogP contribution in [0.25, 0.3) is 0 Å². The normalized spacial score (nSPS) is 20.5. The standard InChI is InChI=1S/C16H23N/c1-16(2,14-9-5-3-6-10-14)13-17-15-11-7-4-8-12-15/h3,5-7,9-11,15,17H,4,8,12-13H2,1-2H3. The van der Waals surface area contributed by atoms with Gasteiger partial charge in [-0.25, -0.2) is 0 Å². The molecular formula is C16H23N. The maximum absolute atomic E-state index is 3.67. The van der Waals surface area contributed by atoms with E-state index in [0.29, 0.717) is 6.04 Å². The summed E-state index contributed by atoms with van der Waals surface area (Å²) in [4.78, 5) is 0. The van der Waals surface area contributed by atoms with Crippen molar-refractivity contribution in [2.45, 2.75) is 44.6 Å². The number of benzene rings is 1. The van der Waals surface area contributed by atoms with Gasteiger partial charge in [0.05, 0.1) is 0 Å². The summed E-state index contributed by atoms with van der Waals surface area (Å²) in [5.74, 6) is 0. The molecule has 0 fully saturated rings. The van der Waals surface area contributed by atoms with Crippen molar-refractivity contribution in [3.05, 3.63) is 48.0 Å². The Morgan fingerprint density at radius 3 is 2.65 bits per heavy atom. The number of allylic oxidation sites excluding steroid dienone is 1. The highest BCUT2D eigenvalue weighted by Crippen LogP contribution is 2.22. The summed E-state index contributed by atoms with van der Waals surface area (Å²) in [5.41, 5.74) is 1.61. The minimum atomic E-state index is 0.201. The predicted octanol–water partition coefficient (Wildman–Crippen LogP) is 3.66. The second kappa shape index (κ2) is 5.50. The van der Waals surface area contributed by atoms with Gasteiger partial charge in [0.15, 0.2) is 0 Å². The maximum atomic E-state index is 3.67. The second-order valence-corrected chi connectivity index (χ2v) is 5.60. The minimum Gasteiger partial charge on any atom is -0.310 e. The molecule has 1 N–H and O–H groups in total. The van der Waals surface area contributed by atoms with Crippen LogP contribution in [0.5, 0.6) is 0 Å². The van der Waals surface area contributed by atoms with Gasteiger partial charge < -0.3 is 5.32 Å². The molecule has 92 valence electrons. The van der Waals surface area contributed by atoms with Crippen molar-refractivity contribution in [1.29, 1.82) is 0 Å². The zero-order chi connectivity index (χ0) is 12.1. The summed E-state index contributed by atoms with van der Waals surface area (Å²) in [6, 6.07) is 11.3. The summed E-state index contributed by atoms with van der Waals surface area (Å²) in [6.45, 7) is 5.65. The Bertz CT molecular complexity index is 364. The van der Waals surface area contributed by atoms with E-state index in [2.05, 4.69) is 61.6 Å². The average Bonchev–Trinajstić information content (AvgIpc) is 2.39. The van der Waals surface area contributed by atoms with Crippen LogP contribution in [0.1, 0.15) is 38.7 Å². The Morgan fingerprint density at radius 1 is 1.24 bits per heavy atom. The van der Waals surface area contributed by atoms with Crippen molar-refractivity contribution in [2.24, 2.45) is 0 Å². The minimum absolute atomic E-state index is 0.201. The zero-order valence-corrected chi connectivity index (χ0v) is 10.9. The van der Waals surface area contributed by atoms with E-state index in [9.17, 15) is 0 Å². The van der Waals surface area contributed by atoms with Gasteiger partial charge in [0, 0.05) is 18.0 Å². The summed E-state index contributed by atoms with van der Waals surface area (Å²) >= 11 is 0. The lowest BCUT2D eigenvalue weighted by molar-refractivity contribution is 0.425. The Hall–Kier alpha value is -1.08. The molecule has 1 heteroatoms. The summed E-state index contributed by atoms with van der Waals surface area (Å²) in [7, 11) is 0. The van der Waals surface area contributed by atoms with Crippen LogP contribution >= 0.6 is 0 Å². The van der Waals surface area contributed by atoms with E-state index in [-0.39, 0.29) is 5.41 Å². The van der Waals surface area contributed by atoms with Crippen molar-refractivity contribution in [3.63, 3.8) is 0 Å². The molecule has 1 aromatic carbocycles. The van der Waals surface area contributed by atoms with Crippen LogP contribution in [0.4, 0.5) is 0 Å². The largest absolute Gasteiger partial charge is 0.310 e. The molecule has 1 aliphatic carbocycles. The number of hydrogen-bond donors (Lipinski definition) is 1. The Balaban J connectivity index is 1.93. The van der Waals surface area contributed by atoms with E-state index in [1.54, 1.807) is 0 Å². The van der Waals surface area contributed by atoms with Crippen molar-refractivity contribution >= 4 is 0 Å². The molecule has 1 aromatic rings. The molecule has 0 aromatic heterocycles. The van der Waals surface area contributed by atoms with Crippen LogP contribution in [0, 0.1) is 0 Å². The highest BCUT2D eigenvalue weighted by atomic mass is 14.9. The lowest BCUT2D eigenvalue weighted by atomic mass is 9.84. The van der Waals surface area contributed by atoms with Gasteiger partial charge >= 0.3 is 0 Å². The van der Waals surface area contributed by atoms with Gasteiger partial charge in [0.2, 0.25) is 0 Å². The van der Waals surface area contributed by atoms with Gasteiger partial charge in [-0.15, -0.1) is 0 Å². The number of hydrogen-bond acceptors (Lipinski definition) is 1. The van der Waals surface area contributed by atoms with Crippen LogP contribution in [-0.4, -0.2) is 12.6 Å². The lowest BCUT2D eigenvalue weighted by Crippen LogP contribution is -2.38. The molecule has 1 nitrogen and oxygen atoms in total. The molecule has 0 aliphatic heterocycles. The van der Waals surface area contributed by atoms with Gasteiger partial charge in [-0.05, 0) is 24.8 Å². The molecule has 0 radical (unpaired) electrons. The van der Waals surface area contributed by atoms with Gasteiger partial charge in [0.1, 0.15) is 0 Å². The quantitative estimate of drug-likeness (QED) is 0.777. The SMILES string of the molecule is CC(C)(CNC1C=CCCC1)c1ccccc1. The Kier molecular flexibility index (Phi) is 4.01. The van der Waals surface area contributed by atoms with Crippen LogP contribution in [0.15, 0.2) is 42.5 Å².